The Morgan fingerprint density at radius 3 is 2.62 bits per heavy atom. The van der Waals surface area contributed by atoms with E-state index >= 15 is 0 Å². The lowest BCUT2D eigenvalue weighted by Gasteiger charge is -2.35. The zero-order valence-corrected chi connectivity index (χ0v) is 16.7. The van der Waals surface area contributed by atoms with Crippen molar-refractivity contribution in [3.63, 3.8) is 0 Å². The molecular weight excluding hydrogens is 329 g/mol. The number of aryl methyl sites for hydroxylation is 1. The van der Waals surface area contributed by atoms with Gasteiger partial charge in [0.05, 0.1) is 6.54 Å². The van der Waals surface area contributed by atoms with Crippen molar-refractivity contribution in [1.29, 1.82) is 0 Å². The molecule has 146 valence electrons. The molecule has 2 rings (SSSR count). The zero-order chi connectivity index (χ0) is 18.9. The van der Waals surface area contributed by atoms with Gasteiger partial charge in [-0.15, -0.1) is 0 Å². The fourth-order valence-corrected chi connectivity index (χ4v) is 3.20. The molecule has 0 radical (unpaired) electrons. The summed E-state index contributed by atoms with van der Waals surface area (Å²) in [5, 5.41) is 6.70. The number of nitrogens with one attached hydrogen (secondary N) is 2. The number of guanidine groups is 1. The van der Waals surface area contributed by atoms with Gasteiger partial charge in [0.1, 0.15) is 5.82 Å². The summed E-state index contributed by atoms with van der Waals surface area (Å²) in [7, 11) is 2.18. The first kappa shape index (κ1) is 20.6. The molecule has 1 aromatic carbocycles. The minimum absolute atomic E-state index is 0.174. The van der Waals surface area contributed by atoms with Crippen molar-refractivity contribution in [1.82, 2.24) is 20.4 Å². The Kier molecular flexibility index (Phi) is 8.32. The Balaban J connectivity index is 1.82. The van der Waals surface area contributed by atoms with Gasteiger partial charge in [-0.1, -0.05) is 6.07 Å². The third kappa shape index (κ3) is 6.57. The number of hydrogen-bond acceptors (Lipinski definition) is 3. The minimum Gasteiger partial charge on any atom is -0.357 e. The Labute approximate surface area is 157 Å². The van der Waals surface area contributed by atoms with Gasteiger partial charge in [0.25, 0.3) is 0 Å². The second kappa shape index (κ2) is 10.5. The van der Waals surface area contributed by atoms with E-state index in [2.05, 4.69) is 41.3 Å². The third-order valence-corrected chi connectivity index (χ3v) is 5.01. The molecule has 1 aliphatic heterocycles. The van der Waals surface area contributed by atoms with Crippen molar-refractivity contribution in [3.8, 4) is 0 Å². The molecule has 6 heteroatoms. The fourth-order valence-electron chi connectivity index (χ4n) is 3.20. The summed E-state index contributed by atoms with van der Waals surface area (Å²) in [6.45, 7) is 13.2. The van der Waals surface area contributed by atoms with Gasteiger partial charge in [0.2, 0.25) is 0 Å². The Hall–Kier alpha value is -1.66. The number of aliphatic imine (C=N–C) groups is 1. The van der Waals surface area contributed by atoms with Crippen LogP contribution in [0, 0.1) is 12.7 Å². The van der Waals surface area contributed by atoms with Gasteiger partial charge in [0.15, 0.2) is 5.96 Å². The van der Waals surface area contributed by atoms with E-state index in [-0.39, 0.29) is 5.82 Å². The maximum Gasteiger partial charge on any atom is 0.191 e. The summed E-state index contributed by atoms with van der Waals surface area (Å²) < 4.78 is 13.2. The van der Waals surface area contributed by atoms with Crippen LogP contribution in [0.1, 0.15) is 25.0 Å². The van der Waals surface area contributed by atoms with E-state index in [1.54, 1.807) is 6.07 Å². The SMILES string of the molecule is CCNC(=NCC(C)N1CCN(C)CC1)NCCc1ccc(F)cc1C. The zero-order valence-electron chi connectivity index (χ0n) is 16.7. The van der Waals surface area contributed by atoms with Crippen LogP contribution >= 0.6 is 0 Å². The molecule has 26 heavy (non-hydrogen) atoms. The van der Waals surface area contributed by atoms with Gasteiger partial charge in [-0.25, -0.2) is 4.39 Å². The predicted octanol–water partition coefficient (Wildman–Crippen LogP) is 1.87. The highest BCUT2D eigenvalue weighted by Gasteiger charge is 2.18. The van der Waals surface area contributed by atoms with E-state index in [1.807, 2.05) is 13.0 Å². The van der Waals surface area contributed by atoms with Crippen LogP contribution in [0.4, 0.5) is 4.39 Å². The van der Waals surface area contributed by atoms with Gasteiger partial charge >= 0.3 is 0 Å². The largest absolute Gasteiger partial charge is 0.357 e. The molecule has 1 atom stereocenters. The molecule has 1 aromatic rings. The summed E-state index contributed by atoms with van der Waals surface area (Å²) >= 11 is 0. The van der Waals surface area contributed by atoms with E-state index in [4.69, 9.17) is 4.99 Å². The number of rotatable bonds is 7. The number of halogens is 1. The normalized spacial score (nSPS) is 18.0. The monoisotopic (exact) mass is 363 g/mol. The second-order valence-electron chi connectivity index (χ2n) is 7.16. The quantitative estimate of drug-likeness (QED) is 0.573. The molecule has 0 amide bonds. The topological polar surface area (TPSA) is 42.9 Å². The molecule has 2 N–H and O–H groups in total. The van der Waals surface area contributed by atoms with Crippen molar-refractivity contribution in [2.24, 2.45) is 4.99 Å². The molecule has 1 saturated heterocycles. The number of hydrogen-bond donors (Lipinski definition) is 2. The first-order valence-corrected chi connectivity index (χ1v) is 9.69. The fraction of sp³-hybridized carbons (Fsp3) is 0.650. The number of nitrogens with zero attached hydrogens (tertiary/aromatic N) is 3. The van der Waals surface area contributed by atoms with Crippen molar-refractivity contribution in [2.75, 3.05) is 52.9 Å². The van der Waals surface area contributed by atoms with E-state index < -0.39 is 0 Å². The van der Waals surface area contributed by atoms with Crippen LogP contribution in [0.5, 0.6) is 0 Å². The molecule has 1 fully saturated rings. The Morgan fingerprint density at radius 1 is 1.23 bits per heavy atom. The van der Waals surface area contributed by atoms with Gasteiger partial charge in [-0.05, 0) is 57.5 Å². The van der Waals surface area contributed by atoms with E-state index in [1.165, 1.54) is 11.6 Å². The molecule has 1 unspecified atom stereocenters. The first-order valence-electron chi connectivity index (χ1n) is 9.69. The van der Waals surface area contributed by atoms with Crippen LogP contribution in [0.15, 0.2) is 23.2 Å². The van der Waals surface area contributed by atoms with Crippen molar-refractivity contribution in [2.45, 2.75) is 33.2 Å². The van der Waals surface area contributed by atoms with Crippen LogP contribution < -0.4 is 10.6 Å². The summed E-state index contributed by atoms with van der Waals surface area (Å²) in [4.78, 5) is 9.63. The van der Waals surface area contributed by atoms with Crippen LogP contribution in [-0.4, -0.2) is 74.7 Å². The average Bonchev–Trinajstić information content (AvgIpc) is 2.61. The Bertz CT molecular complexity index is 582. The van der Waals surface area contributed by atoms with Crippen molar-refractivity contribution < 1.29 is 4.39 Å². The second-order valence-corrected chi connectivity index (χ2v) is 7.16. The molecule has 0 spiro atoms. The molecule has 1 heterocycles. The van der Waals surface area contributed by atoms with E-state index in [0.717, 1.165) is 63.8 Å². The maximum atomic E-state index is 13.2. The number of benzene rings is 1. The molecule has 0 saturated carbocycles. The van der Waals surface area contributed by atoms with Crippen LogP contribution in [-0.2, 0) is 6.42 Å². The van der Waals surface area contributed by atoms with Crippen molar-refractivity contribution >= 4 is 5.96 Å². The molecule has 0 bridgehead atoms. The van der Waals surface area contributed by atoms with Crippen LogP contribution in [0.25, 0.3) is 0 Å². The van der Waals surface area contributed by atoms with Crippen molar-refractivity contribution in [3.05, 3.63) is 35.1 Å². The highest BCUT2D eigenvalue weighted by molar-refractivity contribution is 5.79. The molecule has 5 nitrogen and oxygen atoms in total. The van der Waals surface area contributed by atoms with Crippen LogP contribution in [0.3, 0.4) is 0 Å². The first-order chi connectivity index (χ1) is 12.5. The average molecular weight is 364 g/mol. The number of likely N-dealkylation sites (N-methyl/N-ethyl adjacent to an activating group) is 1. The summed E-state index contributed by atoms with van der Waals surface area (Å²) in [5.74, 6) is 0.681. The summed E-state index contributed by atoms with van der Waals surface area (Å²) in [6, 6.07) is 5.43. The highest BCUT2D eigenvalue weighted by atomic mass is 19.1. The van der Waals surface area contributed by atoms with Gasteiger partial charge in [0, 0.05) is 45.3 Å². The van der Waals surface area contributed by atoms with Gasteiger partial charge in [-0.2, -0.15) is 0 Å². The predicted molar refractivity (Wildman–Crippen MR) is 107 cm³/mol. The maximum absolute atomic E-state index is 13.2. The third-order valence-electron chi connectivity index (χ3n) is 5.01. The van der Waals surface area contributed by atoms with E-state index in [0.29, 0.717) is 6.04 Å². The summed E-state index contributed by atoms with van der Waals surface area (Å²) in [5.41, 5.74) is 2.16. The van der Waals surface area contributed by atoms with Gasteiger partial charge in [-0.3, -0.25) is 9.89 Å². The van der Waals surface area contributed by atoms with Gasteiger partial charge < -0.3 is 15.5 Å². The lowest BCUT2D eigenvalue weighted by atomic mass is 10.1. The van der Waals surface area contributed by atoms with E-state index in [9.17, 15) is 4.39 Å². The standard InChI is InChI=1S/C20H34FN5/c1-5-22-20(23-9-8-18-6-7-19(21)14-16(18)2)24-15-17(3)26-12-10-25(4)11-13-26/h6-7,14,17H,5,8-13,15H2,1-4H3,(H2,22,23,24). The molecular formula is C20H34FN5. The number of piperazine rings is 1. The van der Waals surface area contributed by atoms with Crippen LogP contribution in [0.2, 0.25) is 0 Å². The highest BCUT2D eigenvalue weighted by Crippen LogP contribution is 2.10. The Morgan fingerprint density at radius 2 is 1.96 bits per heavy atom. The lowest BCUT2D eigenvalue weighted by Crippen LogP contribution is -2.49. The molecule has 0 aliphatic carbocycles. The molecule has 1 aliphatic rings. The summed E-state index contributed by atoms with van der Waals surface area (Å²) in [6.07, 6.45) is 0.852. The smallest absolute Gasteiger partial charge is 0.191 e. The minimum atomic E-state index is -0.174. The molecule has 0 aromatic heterocycles. The lowest BCUT2D eigenvalue weighted by molar-refractivity contribution is 0.122.